The van der Waals surface area contributed by atoms with Crippen LogP contribution < -0.4 is 5.32 Å². The molecule has 0 unspecified atom stereocenters. The quantitative estimate of drug-likeness (QED) is 0.773. The minimum Gasteiger partial charge on any atom is -0.311 e. The number of aryl methyl sites for hydroxylation is 3. The van der Waals surface area contributed by atoms with E-state index in [9.17, 15) is 0 Å². The van der Waals surface area contributed by atoms with Gasteiger partial charge in [0.1, 0.15) is 0 Å². The molecular weight excluding hydrogens is 336 g/mol. The zero-order chi connectivity index (χ0) is 14.5. The number of thiazole rings is 1. The lowest BCUT2D eigenvalue weighted by Gasteiger charge is -2.07. The van der Waals surface area contributed by atoms with Crippen molar-refractivity contribution in [3.63, 3.8) is 0 Å². The van der Waals surface area contributed by atoms with E-state index < -0.39 is 0 Å². The van der Waals surface area contributed by atoms with E-state index in [2.05, 4.69) is 55.2 Å². The molecule has 2 aromatic rings. The molecule has 0 radical (unpaired) electrons. The second-order valence-electron chi connectivity index (χ2n) is 4.66. The van der Waals surface area contributed by atoms with Crippen molar-refractivity contribution < 1.29 is 0 Å². The lowest BCUT2D eigenvalue weighted by molar-refractivity contribution is 0.576. The fourth-order valence-electron chi connectivity index (χ4n) is 2.13. The molecule has 0 aromatic carbocycles. The second-order valence-corrected chi connectivity index (χ2v) is 6.52. The Kier molecular flexibility index (Phi) is 5.74. The zero-order valence-electron chi connectivity index (χ0n) is 12.2. The normalized spacial score (nSPS) is 11.2. The molecule has 2 rings (SSSR count). The van der Waals surface area contributed by atoms with Crippen molar-refractivity contribution in [3.8, 4) is 0 Å². The third-order valence-electron chi connectivity index (χ3n) is 3.21. The van der Waals surface area contributed by atoms with Crippen molar-refractivity contribution >= 4 is 27.3 Å². The first kappa shape index (κ1) is 15.7. The van der Waals surface area contributed by atoms with Crippen molar-refractivity contribution in [2.24, 2.45) is 0 Å². The number of aromatic nitrogens is 3. The Morgan fingerprint density at radius 2 is 2.20 bits per heavy atom. The van der Waals surface area contributed by atoms with Crippen LogP contribution in [0.15, 0.2) is 9.85 Å². The van der Waals surface area contributed by atoms with Gasteiger partial charge >= 0.3 is 0 Å². The first-order valence-corrected chi connectivity index (χ1v) is 8.68. The van der Waals surface area contributed by atoms with Crippen molar-refractivity contribution in [1.29, 1.82) is 0 Å². The minimum absolute atomic E-state index is 0.838. The lowest BCUT2D eigenvalue weighted by Crippen LogP contribution is -2.19. The molecule has 2 aromatic heterocycles. The van der Waals surface area contributed by atoms with Crippen LogP contribution in [0.5, 0.6) is 0 Å². The van der Waals surface area contributed by atoms with E-state index in [0.29, 0.717) is 0 Å². The van der Waals surface area contributed by atoms with Crippen LogP contribution in [0, 0.1) is 6.92 Å². The highest BCUT2D eigenvalue weighted by molar-refractivity contribution is 9.10. The Labute approximate surface area is 132 Å². The predicted octanol–water partition coefficient (Wildman–Crippen LogP) is 3.33. The largest absolute Gasteiger partial charge is 0.311 e. The Bertz CT molecular complexity index is 562. The summed E-state index contributed by atoms with van der Waals surface area (Å²) in [5, 5.41) is 11.4. The summed E-state index contributed by atoms with van der Waals surface area (Å²) in [5.74, 6) is 0. The molecule has 4 nitrogen and oxygen atoms in total. The van der Waals surface area contributed by atoms with Crippen LogP contribution in [-0.2, 0) is 25.9 Å². The Morgan fingerprint density at radius 1 is 1.40 bits per heavy atom. The number of halogens is 1. The predicted molar refractivity (Wildman–Crippen MR) is 87.2 cm³/mol. The topological polar surface area (TPSA) is 42.7 Å². The fraction of sp³-hybridized carbons (Fsp3) is 0.571. The molecule has 1 N–H and O–H groups in total. The highest BCUT2D eigenvalue weighted by atomic mass is 79.9. The lowest BCUT2D eigenvalue weighted by atomic mass is 10.3. The van der Waals surface area contributed by atoms with Gasteiger partial charge in [-0.25, -0.2) is 4.98 Å². The molecule has 0 bridgehead atoms. The van der Waals surface area contributed by atoms with Gasteiger partial charge in [-0.05, 0) is 36.2 Å². The summed E-state index contributed by atoms with van der Waals surface area (Å²) in [6, 6.07) is 0. The van der Waals surface area contributed by atoms with Crippen LogP contribution in [0.4, 0.5) is 0 Å². The van der Waals surface area contributed by atoms with E-state index in [0.717, 1.165) is 47.7 Å². The SMILES string of the molecule is CCc1nn(CC)c(CNCCc2csc(C)n2)c1Br. The molecule has 0 saturated carbocycles. The highest BCUT2D eigenvalue weighted by Crippen LogP contribution is 2.22. The maximum atomic E-state index is 4.61. The summed E-state index contributed by atoms with van der Waals surface area (Å²) >= 11 is 5.38. The summed E-state index contributed by atoms with van der Waals surface area (Å²) in [5.41, 5.74) is 3.55. The van der Waals surface area contributed by atoms with Gasteiger partial charge in [0.05, 0.1) is 26.6 Å². The van der Waals surface area contributed by atoms with Gasteiger partial charge in [0, 0.05) is 31.4 Å². The van der Waals surface area contributed by atoms with E-state index >= 15 is 0 Å². The minimum atomic E-state index is 0.838. The van der Waals surface area contributed by atoms with Crippen molar-refractivity contribution in [1.82, 2.24) is 20.1 Å². The first-order chi connectivity index (χ1) is 9.65. The molecule has 0 aliphatic heterocycles. The van der Waals surface area contributed by atoms with E-state index in [-0.39, 0.29) is 0 Å². The number of nitrogens with zero attached hydrogens (tertiary/aromatic N) is 3. The molecular formula is C14H21BrN4S. The standard InChI is InChI=1S/C14H21BrN4S/c1-4-12-14(15)13(19(5-2)18-12)8-16-7-6-11-9-20-10(3)17-11/h9,16H,4-8H2,1-3H3. The highest BCUT2D eigenvalue weighted by Gasteiger charge is 2.13. The van der Waals surface area contributed by atoms with Gasteiger partial charge in [0.2, 0.25) is 0 Å². The van der Waals surface area contributed by atoms with Crippen LogP contribution in [0.25, 0.3) is 0 Å². The van der Waals surface area contributed by atoms with E-state index in [4.69, 9.17) is 0 Å². The fourth-order valence-corrected chi connectivity index (χ4v) is 3.48. The number of hydrogen-bond donors (Lipinski definition) is 1. The molecule has 2 heterocycles. The monoisotopic (exact) mass is 356 g/mol. The summed E-state index contributed by atoms with van der Waals surface area (Å²) < 4.78 is 3.22. The number of nitrogens with one attached hydrogen (secondary N) is 1. The van der Waals surface area contributed by atoms with Gasteiger partial charge in [-0.3, -0.25) is 4.68 Å². The van der Waals surface area contributed by atoms with Crippen LogP contribution in [0.1, 0.15) is 35.9 Å². The van der Waals surface area contributed by atoms with Crippen molar-refractivity contribution in [2.45, 2.75) is 46.7 Å². The summed E-state index contributed by atoms with van der Waals surface area (Å²) in [6.45, 7) is 8.98. The maximum absolute atomic E-state index is 4.61. The molecule has 0 fully saturated rings. The summed E-state index contributed by atoms with van der Waals surface area (Å²) in [7, 11) is 0. The van der Waals surface area contributed by atoms with E-state index in [1.165, 1.54) is 11.4 Å². The van der Waals surface area contributed by atoms with Gasteiger partial charge in [-0.2, -0.15) is 5.10 Å². The van der Waals surface area contributed by atoms with Crippen molar-refractivity contribution in [3.05, 3.63) is 31.9 Å². The van der Waals surface area contributed by atoms with E-state index in [1.807, 2.05) is 6.92 Å². The van der Waals surface area contributed by atoms with E-state index in [1.54, 1.807) is 11.3 Å². The number of hydrogen-bond acceptors (Lipinski definition) is 4. The second kappa shape index (κ2) is 7.33. The smallest absolute Gasteiger partial charge is 0.0897 e. The van der Waals surface area contributed by atoms with Gasteiger partial charge < -0.3 is 5.32 Å². The number of rotatable bonds is 7. The third-order valence-corrected chi connectivity index (χ3v) is 4.95. The Hall–Kier alpha value is -0.720. The molecule has 0 spiro atoms. The third kappa shape index (κ3) is 3.68. The maximum Gasteiger partial charge on any atom is 0.0897 e. The molecule has 0 atom stereocenters. The molecule has 0 aliphatic carbocycles. The van der Waals surface area contributed by atoms with Crippen LogP contribution >= 0.6 is 27.3 Å². The summed E-state index contributed by atoms with van der Waals surface area (Å²) in [4.78, 5) is 4.48. The van der Waals surface area contributed by atoms with Crippen molar-refractivity contribution in [2.75, 3.05) is 6.54 Å². The molecule has 0 aliphatic rings. The molecule has 20 heavy (non-hydrogen) atoms. The Morgan fingerprint density at radius 3 is 2.80 bits per heavy atom. The average molecular weight is 357 g/mol. The Balaban J connectivity index is 1.89. The van der Waals surface area contributed by atoms with Gasteiger partial charge in [-0.1, -0.05) is 6.92 Å². The molecule has 0 saturated heterocycles. The zero-order valence-corrected chi connectivity index (χ0v) is 14.6. The van der Waals surface area contributed by atoms with Crippen LogP contribution in [-0.4, -0.2) is 21.3 Å². The average Bonchev–Trinajstić information content (AvgIpc) is 2.99. The van der Waals surface area contributed by atoms with Crippen LogP contribution in [0.2, 0.25) is 0 Å². The van der Waals surface area contributed by atoms with Gasteiger partial charge in [0.15, 0.2) is 0 Å². The van der Waals surface area contributed by atoms with Gasteiger partial charge in [0.25, 0.3) is 0 Å². The summed E-state index contributed by atoms with van der Waals surface area (Å²) in [6.07, 6.45) is 1.93. The molecule has 6 heteroatoms. The molecule has 0 amide bonds. The van der Waals surface area contributed by atoms with Crippen LogP contribution in [0.3, 0.4) is 0 Å². The van der Waals surface area contributed by atoms with Gasteiger partial charge in [-0.15, -0.1) is 11.3 Å². The first-order valence-electron chi connectivity index (χ1n) is 7.01. The molecule has 110 valence electrons.